The maximum Gasteiger partial charge on any atom is 0.259 e. The average molecular weight is 417 g/mol. The van der Waals surface area contributed by atoms with Gasteiger partial charge in [0.1, 0.15) is 0 Å². The highest BCUT2D eigenvalue weighted by molar-refractivity contribution is 8.00. The van der Waals surface area contributed by atoms with E-state index in [2.05, 4.69) is 5.48 Å². The zero-order chi connectivity index (χ0) is 22.2. The number of nitrogens with one attached hydrogen (secondary N) is 1. The van der Waals surface area contributed by atoms with Crippen LogP contribution in [0.2, 0.25) is 0 Å². The minimum Gasteiger partial charge on any atom is -0.354 e. The van der Waals surface area contributed by atoms with E-state index in [0.717, 1.165) is 12.0 Å². The molecule has 0 aliphatic rings. The number of aryl methyl sites for hydroxylation is 2. The molecule has 0 fully saturated rings. The van der Waals surface area contributed by atoms with Crippen LogP contribution in [0.1, 0.15) is 66.4 Å². The number of carbonyl (C=O) groups excluding carboxylic acids is 1. The first-order valence-corrected chi connectivity index (χ1v) is 11.3. The Morgan fingerprint density at radius 1 is 1.32 bits per heavy atom. The summed E-state index contributed by atoms with van der Waals surface area (Å²) in [4.78, 5) is 29.8. The summed E-state index contributed by atoms with van der Waals surface area (Å²) >= 11 is 1.43. The average Bonchev–Trinajstić information content (AvgIpc) is 2.72. The van der Waals surface area contributed by atoms with Crippen molar-refractivity contribution in [3.63, 3.8) is 0 Å². The lowest BCUT2D eigenvalue weighted by Crippen LogP contribution is -2.44. The van der Waals surface area contributed by atoms with E-state index < -0.39 is 11.0 Å². The van der Waals surface area contributed by atoms with Gasteiger partial charge in [0.2, 0.25) is 0 Å². The molecule has 1 rings (SSSR count). The van der Waals surface area contributed by atoms with Gasteiger partial charge in [0.05, 0.1) is 4.75 Å². The van der Waals surface area contributed by atoms with Crippen molar-refractivity contribution in [2.45, 2.75) is 85.3 Å². The van der Waals surface area contributed by atoms with Gasteiger partial charge in [0.25, 0.3) is 11.5 Å². The fourth-order valence-corrected chi connectivity index (χ4v) is 2.64. The first kappa shape index (κ1) is 28.9. The number of hydrogen-bond acceptors (Lipinski definition) is 5. The second-order valence-corrected chi connectivity index (χ2v) is 7.23. The Morgan fingerprint density at radius 2 is 1.93 bits per heavy atom. The standard InChI is InChI=1S/C17H28N2O4S.2C2H6/c1-6-7-15(22-4)23-18-16(21)17(3,24-5)9-11-19-10-8-13(2)12-14(19)20;2*1-2/h8,10,12,15H,6-7,9,11H2,1-5H3,(H,18,21);2*1-2H3. The Bertz CT molecular complexity index is 592. The molecular weight excluding hydrogens is 376 g/mol. The van der Waals surface area contributed by atoms with Crippen LogP contribution in [0.4, 0.5) is 0 Å². The van der Waals surface area contributed by atoms with Gasteiger partial charge >= 0.3 is 0 Å². The molecule has 1 aromatic rings. The summed E-state index contributed by atoms with van der Waals surface area (Å²) in [5.74, 6) is -0.228. The highest BCUT2D eigenvalue weighted by Crippen LogP contribution is 2.27. The van der Waals surface area contributed by atoms with E-state index in [-0.39, 0.29) is 11.5 Å². The van der Waals surface area contributed by atoms with Gasteiger partial charge in [0.15, 0.2) is 6.29 Å². The number of hydroxylamine groups is 1. The Kier molecular flexibility index (Phi) is 17.2. The first-order chi connectivity index (χ1) is 13.4. The number of carbonyl (C=O) groups is 1. The number of aromatic nitrogens is 1. The minimum atomic E-state index is -0.700. The van der Waals surface area contributed by atoms with E-state index in [1.165, 1.54) is 11.8 Å². The number of hydrogen-bond donors (Lipinski definition) is 1. The third kappa shape index (κ3) is 10.3. The number of ether oxygens (including phenoxy) is 1. The van der Waals surface area contributed by atoms with Crippen molar-refractivity contribution in [3.05, 3.63) is 34.2 Å². The number of rotatable bonds is 10. The van der Waals surface area contributed by atoms with Crippen LogP contribution >= 0.6 is 11.8 Å². The Hall–Kier alpha value is -1.31. The zero-order valence-corrected chi connectivity index (χ0v) is 19.9. The van der Waals surface area contributed by atoms with Crippen molar-refractivity contribution in [2.75, 3.05) is 13.4 Å². The molecule has 0 bridgehead atoms. The van der Waals surface area contributed by atoms with Crippen LogP contribution in [-0.4, -0.2) is 34.9 Å². The van der Waals surface area contributed by atoms with Crippen LogP contribution in [0.3, 0.4) is 0 Å². The molecule has 2 atom stereocenters. The predicted octanol–water partition coefficient (Wildman–Crippen LogP) is 4.54. The van der Waals surface area contributed by atoms with E-state index in [1.807, 2.05) is 60.8 Å². The molecular formula is C21H40N2O4S. The van der Waals surface area contributed by atoms with Crippen molar-refractivity contribution >= 4 is 17.7 Å². The van der Waals surface area contributed by atoms with Crippen molar-refractivity contribution in [1.82, 2.24) is 10.0 Å². The number of pyridine rings is 1. The van der Waals surface area contributed by atoms with Crippen molar-refractivity contribution in [1.29, 1.82) is 0 Å². The molecule has 1 aromatic heterocycles. The summed E-state index contributed by atoms with van der Waals surface area (Å²) in [6.07, 6.45) is 5.28. The molecule has 0 saturated heterocycles. The third-order valence-electron chi connectivity index (χ3n) is 3.98. The summed E-state index contributed by atoms with van der Waals surface area (Å²) < 4.78 is 6.07. The van der Waals surface area contributed by atoms with Gasteiger partial charge in [-0.05, 0) is 38.2 Å². The second-order valence-electron chi connectivity index (χ2n) is 5.92. The Balaban J connectivity index is 0. The molecule has 0 saturated carbocycles. The molecule has 2 unspecified atom stereocenters. The Labute approximate surface area is 175 Å². The van der Waals surface area contributed by atoms with Crippen LogP contribution in [0.25, 0.3) is 0 Å². The van der Waals surface area contributed by atoms with E-state index >= 15 is 0 Å². The van der Waals surface area contributed by atoms with Gasteiger partial charge in [-0.3, -0.25) is 9.59 Å². The molecule has 7 heteroatoms. The van der Waals surface area contributed by atoms with Crippen LogP contribution < -0.4 is 11.0 Å². The first-order valence-electron chi connectivity index (χ1n) is 10.1. The summed E-state index contributed by atoms with van der Waals surface area (Å²) in [6.45, 7) is 14.2. The van der Waals surface area contributed by atoms with Crippen molar-refractivity contribution in [3.8, 4) is 0 Å². The monoisotopic (exact) mass is 416 g/mol. The third-order valence-corrected chi connectivity index (χ3v) is 5.27. The zero-order valence-electron chi connectivity index (χ0n) is 19.1. The molecule has 0 radical (unpaired) electrons. The molecule has 164 valence electrons. The molecule has 0 spiro atoms. The van der Waals surface area contributed by atoms with Gasteiger partial charge in [-0.15, -0.1) is 11.8 Å². The topological polar surface area (TPSA) is 69.6 Å². The SMILES string of the molecule is CC.CC.CCCC(OC)ONC(=O)C(C)(CCn1ccc(C)cc1=O)SC. The van der Waals surface area contributed by atoms with Crippen molar-refractivity contribution in [2.24, 2.45) is 0 Å². The number of thioether (sulfide) groups is 1. The summed E-state index contributed by atoms with van der Waals surface area (Å²) in [5, 5.41) is 0. The van der Waals surface area contributed by atoms with E-state index in [1.54, 1.807) is 23.9 Å². The molecule has 0 aliphatic carbocycles. The summed E-state index contributed by atoms with van der Waals surface area (Å²) in [6, 6.07) is 3.47. The number of methoxy groups -OCH3 is 1. The molecule has 6 nitrogen and oxygen atoms in total. The molecule has 0 aliphatic heterocycles. The van der Waals surface area contributed by atoms with Crippen LogP contribution in [0.5, 0.6) is 0 Å². The lowest BCUT2D eigenvalue weighted by atomic mass is 10.1. The number of amides is 1. The number of nitrogens with zero attached hydrogens (tertiary/aromatic N) is 1. The lowest BCUT2D eigenvalue weighted by Gasteiger charge is -2.27. The van der Waals surface area contributed by atoms with Crippen LogP contribution in [0, 0.1) is 6.92 Å². The quantitative estimate of drug-likeness (QED) is 0.448. The smallest absolute Gasteiger partial charge is 0.259 e. The fourth-order valence-electron chi connectivity index (χ4n) is 2.12. The highest BCUT2D eigenvalue weighted by Gasteiger charge is 2.33. The molecule has 1 N–H and O–H groups in total. The van der Waals surface area contributed by atoms with Gasteiger partial charge < -0.3 is 9.30 Å². The molecule has 28 heavy (non-hydrogen) atoms. The molecule has 0 aromatic carbocycles. The highest BCUT2D eigenvalue weighted by atomic mass is 32.2. The molecule has 1 amide bonds. The maximum absolute atomic E-state index is 12.5. The lowest BCUT2D eigenvalue weighted by molar-refractivity contribution is -0.181. The normalized spacial score (nSPS) is 13.2. The van der Waals surface area contributed by atoms with Gasteiger partial charge in [-0.2, -0.15) is 0 Å². The van der Waals surface area contributed by atoms with E-state index in [0.29, 0.717) is 19.4 Å². The van der Waals surface area contributed by atoms with Gasteiger partial charge in [-0.1, -0.05) is 41.0 Å². The van der Waals surface area contributed by atoms with E-state index in [9.17, 15) is 9.59 Å². The summed E-state index contributed by atoms with van der Waals surface area (Å²) in [7, 11) is 1.55. The molecule has 1 heterocycles. The van der Waals surface area contributed by atoms with Crippen molar-refractivity contribution < 1.29 is 14.4 Å². The Morgan fingerprint density at radius 3 is 2.39 bits per heavy atom. The van der Waals surface area contributed by atoms with Gasteiger partial charge in [0, 0.05) is 32.3 Å². The largest absolute Gasteiger partial charge is 0.354 e. The predicted molar refractivity (Wildman–Crippen MR) is 120 cm³/mol. The van der Waals surface area contributed by atoms with Crippen LogP contribution in [-0.2, 0) is 20.9 Å². The van der Waals surface area contributed by atoms with Gasteiger partial charge in [-0.25, -0.2) is 10.3 Å². The fraction of sp³-hybridized carbons (Fsp3) is 0.714. The minimum absolute atomic E-state index is 0.0579. The maximum atomic E-state index is 12.5. The summed E-state index contributed by atoms with van der Waals surface area (Å²) in [5.41, 5.74) is 3.37. The van der Waals surface area contributed by atoms with Crippen LogP contribution in [0.15, 0.2) is 23.1 Å². The van der Waals surface area contributed by atoms with E-state index in [4.69, 9.17) is 9.57 Å². The second kappa shape index (κ2) is 16.6.